The van der Waals surface area contributed by atoms with E-state index in [4.69, 9.17) is 0 Å². The number of amides is 2. The van der Waals surface area contributed by atoms with Crippen LogP contribution >= 0.6 is 0 Å². The van der Waals surface area contributed by atoms with Crippen molar-refractivity contribution in [2.24, 2.45) is 0 Å². The number of sulfonamides is 1. The van der Waals surface area contributed by atoms with Gasteiger partial charge in [-0.1, -0.05) is 26.7 Å². The molecule has 7 nitrogen and oxygen atoms in total. The van der Waals surface area contributed by atoms with Crippen LogP contribution in [0.1, 0.15) is 62.7 Å². The Hall–Kier alpha value is -1.93. The molecule has 0 bridgehead atoms. The fourth-order valence-corrected chi connectivity index (χ4v) is 4.92. The second kappa shape index (κ2) is 11.3. The zero-order chi connectivity index (χ0) is 21.3. The molecule has 0 atom stereocenters. The summed E-state index contributed by atoms with van der Waals surface area (Å²) in [5, 5.41) is 2.78. The van der Waals surface area contributed by atoms with E-state index in [0.717, 1.165) is 38.5 Å². The SMILES string of the molecule is CCCNC(=O)CN(CCC)C(=O)c1ccc(S(=O)(=O)N2CCCCCC2)cc1. The van der Waals surface area contributed by atoms with Gasteiger partial charge in [0, 0.05) is 31.7 Å². The predicted octanol–water partition coefficient (Wildman–Crippen LogP) is 2.63. The summed E-state index contributed by atoms with van der Waals surface area (Å²) in [4.78, 5) is 26.6. The van der Waals surface area contributed by atoms with Crippen LogP contribution in [0.2, 0.25) is 0 Å². The fourth-order valence-electron chi connectivity index (χ4n) is 3.40. The molecular formula is C21H33N3O4S. The van der Waals surface area contributed by atoms with E-state index in [9.17, 15) is 18.0 Å². The van der Waals surface area contributed by atoms with Crippen LogP contribution in [-0.2, 0) is 14.8 Å². The minimum absolute atomic E-state index is 0.000497. The largest absolute Gasteiger partial charge is 0.355 e. The van der Waals surface area contributed by atoms with Crippen LogP contribution in [0.25, 0.3) is 0 Å². The molecule has 1 aromatic carbocycles. The van der Waals surface area contributed by atoms with E-state index in [0.29, 0.717) is 31.7 Å². The van der Waals surface area contributed by atoms with Gasteiger partial charge >= 0.3 is 0 Å². The van der Waals surface area contributed by atoms with E-state index >= 15 is 0 Å². The number of rotatable bonds is 9. The van der Waals surface area contributed by atoms with E-state index in [1.807, 2.05) is 13.8 Å². The van der Waals surface area contributed by atoms with Crippen LogP contribution in [0.3, 0.4) is 0 Å². The van der Waals surface area contributed by atoms with Gasteiger partial charge in [0.2, 0.25) is 15.9 Å². The van der Waals surface area contributed by atoms with E-state index in [1.165, 1.54) is 21.3 Å². The third-order valence-electron chi connectivity index (χ3n) is 4.99. The quantitative estimate of drug-likeness (QED) is 0.661. The molecule has 8 heteroatoms. The molecular weight excluding hydrogens is 390 g/mol. The van der Waals surface area contributed by atoms with Crippen molar-refractivity contribution in [3.8, 4) is 0 Å². The molecule has 2 amide bonds. The van der Waals surface area contributed by atoms with Crippen molar-refractivity contribution in [2.75, 3.05) is 32.7 Å². The van der Waals surface area contributed by atoms with Gasteiger partial charge in [-0.2, -0.15) is 4.31 Å². The molecule has 0 aliphatic carbocycles. The first-order chi connectivity index (χ1) is 13.9. The summed E-state index contributed by atoms with van der Waals surface area (Å²) in [7, 11) is -3.54. The van der Waals surface area contributed by atoms with Crippen molar-refractivity contribution in [1.29, 1.82) is 0 Å². The predicted molar refractivity (Wildman–Crippen MR) is 113 cm³/mol. The van der Waals surface area contributed by atoms with Gasteiger partial charge in [-0.25, -0.2) is 8.42 Å². The van der Waals surface area contributed by atoms with Gasteiger partial charge in [0.1, 0.15) is 0 Å². The van der Waals surface area contributed by atoms with Crippen molar-refractivity contribution < 1.29 is 18.0 Å². The number of hydrogen-bond donors (Lipinski definition) is 1. The summed E-state index contributed by atoms with van der Waals surface area (Å²) < 4.78 is 27.3. The average molecular weight is 424 g/mol. The summed E-state index contributed by atoms with van der Waals surface area (Å²) in [6.45, 7) is 6.04. The lowest BCUT2D eigenvalue weighted by Crippen LogP contribution is -2.41. The Balaban J connectivity index is 2.12. The van der Waals surface area contributed by atoms with Crippen LogP contribution in [0.4, 0.5) is 0 Å². The van der Waals surface area contributed by atoms with E-state index in [1.54, 1.807) is 12.1 Å². The maximum atomic E-state index is 12.9. The number of carbonyl (C=O) groups excluding carboxylic acids is 2. The normalized spacial score (nSPS) is 15.5. The standard InChI is InChI=1S/C21H33N3O4S/c1-3-13-22-20(25)17-23(14-4-2)21(26)18-9-11-19(12-10-18)29(27,28)24-15-7-5-6-8-16-24/h9-12H,3-8,13-17H2,1-2H3,(H,22,25). The van der Waals surface area contributed by atoms with Crippen molar-refractivity contribution >= 4 is 21.8 Å². The smallest absolute Gasteiger partial charge is 0.254 e. The summed E-state index contributed by atoms with van der Waals surface area (Å²) in [5.74, 6) is -0.453. The number of carbonyl (C=O) groups is 2. The summed E-state index contributed by atoms with van der Waals surface area (Å²) in [5.41, 5.74) is 0.386. The van der Waals surface area contributed by atoms with Gasteiger partial charge < -0.3 is 10.2 Å². The highest BCUT2D eigenvalue weighted by Crippen LogP contribution is 2.21. The van der Waals surface area contributed by atoms with Crippen LogP contribution in [0.5, 0.6) is 0 Å². The Morgan fingerprint density at radius 2 is 1.62 bits per heavy atom. The van der Waals surface area contributed by atoms with E-state index in [2.05, 4.69) is 5.32 Å². The molecule has 1 saturated heterocycles. The van der Waals surface area contributed by atoms with E-state index in [-0.39, 0.29) is 23.3 Å². The second-order valence-corrected chi connectivity index (χ2v) is 9.36. The highest BCUT2D eigenvalue weighted by Gasteiger charge is 2.26. The molecule has 0 saturated carbocycles. The highest BCUT2D eigenvalue weighted by atomic mass is 32.2. The molecule has 1 heterocycles. The molecule has 1 aromatic rings. The number of benzene rings is 1. The fraction of sp³-hybridized carbons (Fsp3) is 0.619. The van der Waals surface area contributed by atoms with Crippen molar-refractivity contribution in [3.63, 3.8) is 0 Å². The van der Waals surface area contributed by atoms with Crippen LogP contribution in [0.15, 0.2) is 29.2 Å². The first kappa shape index (κ1) is 23.3. The molecule has 0 aromatic heterocycles. The number of nitrogens with zero attached hydrogens (tertiary/aromatic N) is 2. The lowest BCUT2D eigenvalue weighted by atomic mass is 10.2. The zero-order valence-electron chi connectivity index (χ0n) is 17.5. The van der Waals surface area contributed by atoms with Gasteiger partial charge in [0.25, 0.3) is 5.91 Å². The minimum atomic E-state index is -3.54. The summed E-state index contributed by atoms with van der Waals surface area (Å²) >= 11 is 0. The molecule has 0 unspecified atom stereocenters. The molecule has 1 fully saturated rings. The topological polar surface area (TPSA) is 86.8 Å². The molecule has 0 spiro atoms. The van der Waals surface area contributed by atoms with Gasteiger partial charge in [-0.3, -0.25) is 9.59 Å². The lowest BCUT2D eigenvalue weighted by molar-refractivity contribution is -0.121. The minimum Gasteiger partial charge on any atom is -0.355 e. The third kappa shape index (κ3) is 6.54. The molecule has 1 N–H and O–H groups in total. The Bertz CT molecular complexity index is 770. The first-order valence-corrected chi connectivity index (χ1v) is 12.0. The van der Waals surface area contributed by atoms with Crippen LogP contribution < -0.4 is 5.32 Å². The van der Waals surface area contributed by atoms with E-state index < -0.39 is 10.0 Å². The first-order valence-electron chi connectivity index (χ1n) is 10.6. The Morgan fingerprint density at radius 3 is 2.17 bits per heavy atom. The molecule has 1 aliphatic heterocycles. The number of nitrogens with one attached hydrogen (secondary N) is 1. The van der Waals surface area contributed by atoms with Gasteiger partial charge in [-0.05, 0) is 49.9 Å². The average Bonchev–Trinajstić information content (AvgIpc) is 3.01. The van der Waals surface area contributed by atoms with Crippen LogP contribution in [-0.4, -0.2) is 62.2 Å². The Kier molecular flexibility index (Phi) is 9.10. The van der Waals surface area contributed by atoms with Crippen molar-refractivity contribution in [2.45, 2.75) is 57.3 Å². The summed E-state index contributed by atoms with van der Waals surface area (Å²) in [6, 6.07) is 6.07. The molecule has 29 heavy (non-hydrogen) atoms. The van der Waals surface area contributed by atoms with Crippen LogP contribution in [0, 0.1) is 0 Å². The maximum Gasteiger partial charge on any atom is 0.254 e. The molecule has 162 valence electrons. The molecule has 1 aliphatic rings. The lowest BCUT2D eigenvalue weighted by Gasteiger charge is -2.22. The molecule has 0 radical (unpaired) electrons. The molecule has 2 rings (SSSR count). The third-order valence-corrected chi connectivity index (χ3v) is 6.90. The van der Waals surface area contributed by atoms with Gasteiger partial charge in [-0.15, -0.1) is 0 Å². The number of hydrogen-bond acceptors (Lipinski definition) is 4. The summed E-state index contributed by atoms with van der Waals surface area (Å²) in [6.07, 6.45) is 5.43. The second-order valence-electron chi connectivity index (χ2n) is 7.42. The maximum absolute atomic E-state index is 12.9. The van der Waals surface area contributed by atoms with Gasteiger partial charge in [0.05, 0.1) is 11.4 Å². The van der Waals surface area contributed by atoms with Crippen molar-refractivity contribution in [1.82, 2.24) is 14.5 Å². The Labute approximate surface area is 174 Å². The Morgan fingerprint density at radius 1 is 1.00 bits per heavy atom. The van der Waals surface area contributed by atoms with Crippen molar-refractivity contribution in [3.05, 3.63) is 29.8 Å². The monoisotopic (exact) mass is 423 g/mol. The zero-order valence-corrected chi connectivity index (χ0v) is 18.3. The highest BCUT2D eigenvalue weighted by molar-refractivity contribution is 7.89. The van der Waals surface area contributed by atoms with Gasteiger partial charge in [0.15, 0.2) is 0 Å².